The molecule has 1 aromatic carbocycles. The zero-order valence-electron chi connectivity index (χ0n) is 15.5. The number of fused-ring (bicyclic) bond motifs is 1. The standard InChI is InChI=1S/C18H27N3O4S/c1-4-24-15-8-12-7-11(2)25-16(12)9-13(15)10-20-17(22)14(5-6-26-3)21-18(19)23/h8-9,11,14H,4-7,10H2,1-3H3,(H,20,22)(H3,19,21,23)/t11-,14-/m0/s1. The lowest BCUT2D eigenvalue weighted by molar-refractivity contribution is -0.123. The summed E-state index contributed by atoms with van der Waals surface area (Å²) in [6.07, 6.45) is 3.44. The molecule has 8 heteroatoms. The van der Waals surface area contributed by atoms with Crippen LogP contribution in [0.1, 0.15) is 31.4 Å². The third-order valence-electron chi connectivity index (χ3n) is 4.08. The molecule has 26 heavy (non-hydrogen) atoms. The van der Waals surface area contributed by atoms with Crippen LogP contribution < -0.4 is 25.8 Å². The van der Waals surface area contributed by atoms with Gasteiger partial charge in [-0.15, -0.1) is 0 Å². The zero-order valence-corrected chi connectivity index (χ0v) is 16.3. The van der Waals surface area contributed by atoms with Crippen LogP contribution in [-0.2, 0) is 17.8 Å². The third kappa shape index (κ3) is 5.45. The summed E-state index contributed by atoms with van der Waals surface area (Å²) in [5.41, 5.74) is 7.13. The maximum Gasteiger partial charge on any atom is 0.312 e. The molecule has 0 saturated heterocycles. The zero-order chi connectivity index (χ0) is 19.1. The van der Waals surface area contributed by atoms with Crippen LogP contribution in [0.2, 0.25) is 0 Å². The van der Waals surface area contributed by atoms with Crippen LogP contribution in [-0.4, -0.2) is 42.7 Å². The first kappa shape index (κ1) is 20.2. The van der Waals surface area contributed by atoms with Gasteiger partial charge in [0.15, 0.2) is 0 Å². The Morgan fingerprint density at radius 3 is 2.88 bits per heavy atom. The number of rotatable bonds is 9. The molecule has 3 amide bonds. The predicted molar refractivity (Wildman–Crippen MR) is 103 cm³/mol. The number of amides is 3. The summed E-state index contributed by atoms with van der Waals surface area (Å²) in [5, 5.41) is 5.36. The Morgan fingerprint density at radius 2 is 2.23 bits per heavy atom. The van der Waals surface area contributed by atoms with E-state index in [1.165, 1.54) is 0 Å². The largest absolute Gasteiger partial charge is 0.494 e. The number of carbonyl (C=O) groups is 2. The van der Waals surface area contributed by atoms with Gasteiger partial charge in [-0.3, -0.25) is 4.79 Å². The van der Waals surface area contributed by atoms with Crippen molar-refractivity contribution in [3.63, 3.8) is 0 Å². The van der Waals surface area contributed by atoms with Crippen LogP contribution in [0.15, 0.2) is 12.1 Å². The normalized spacial score (nSPS) is 16.3. The average Bonchev–Trinajstić information content (AvgIpc) is 2.95. The minimum Gasteiger partial charge on any atom is -0.494 e. The van der Waals surface area contributed by atoms with Crippen molar-refractivity contribution in [1.29, 1.82) is 0 Å². The van der Waals surface area contributed by atoms with Gasteiger partial charge in [-0.05, 0) is 44.4 Å². The number of thioether (sulfide) groups is 1. The van der Waals surface area contributed by atoms with Crippen molar-refractivity contribution in [3.05, 3.63) is 23.3 Å². The van der Waals surface area contributed by atoms with Gasteiger partial charge in [-0.1, -0.05) is 0 Å². The molecule has 0 spiro atoms. The summed E-state index contributed by atoms with van der Waals surface area (Å²) in [7, 11) is 0. The van der Waals surface area contributed by atoms with Gasteiger partial charge in [0.05, 0.1) is 6.61 Å². The van der Waals surface area contributed by atoms with Crippen LogP contribution in [0.3, 0.4) is 0 Å². The summed E-state index contributed by atoms with van der Waals surface area (Å²) >= 11 is 1.60. The number of nitrogens with two attached hydrogens (primary N) is 1. The number of benzene rings is 1. The second-order valence-electron chi connectivity index (χ2n) is 6.19. The highest BCUT2D eigenvalue weighted by atomic mass is 32.2. The van der Waals surface area contributed by atoms with Gasteiger partial charge in [-0.25, -0.2) is 4.79 Å². The second-order valence-corrected chi connectivity index (χ2v) is 7.18. The van der Waals surface area contributed by atoms with Crippen LogP contribution >= 0.6 is 11.8 Å². The third-order valence-corrected chi connectivity index (χ3v) is 4.72. The van der Waals surface area contributed by atoms with E-state index in [1.807, 2.05) is 32.2 Å². The number of nitrogens with one attached hydrogen (secondary N) is 2. The Balaban J connectivity index is 2.08. The van der Waals surface area contributed by atoms with Crippen molar-refractivity contribution >= 4 is 23.7 Å². The molecule has 1 aliphatic rings. The summed E-state index contributed by atoms with van der Waals surface area (Å²) < 4.78 is 11.5. The van der Waals surface area contributed by atoms with Gasteiger partial charge < -0.3 is 25.8 Å². The number of ether oxygens (including phenoxy) is 2. The van der Waals surface area contributed by atoms with Gasteiger partial charge in [0.25, 0.3) is 0 Å². The lowest BCUT2D eigenvalue weighted by Crippen LogP contribution is -2.48. The van der Waals surface area contributed by atoms with Crippen LogP contribution in [0, 0.1) is 0 Å². The summed E-state index contributed by atoms with van der Waals surface area (Å²) in [5.74, 6) is 2.05. The van der Waals surface area contributed by atoms with Gasteiger partial charge in [0.2, 0.25) is 5.91 Å². The lowest BCUT2D eigenvalue weighted by Gasteiger charge is -2.18. The van der Waals surface area contributed by atoms with Crippen molar-refractivity contribution in [2.45, 2.75) is 45.4 Å². The smallest absolute Gasteiger partial charge is 0.312 e. The van der Waals surface area contributed by atoms with Gasteiger partial charge in [0, 0.05) is 24.1 Å². The SMILES string of the molecule is CCOc1cc2c(cc1CNC(=O)[C@H](CCSC)NC(N)=O)O[C@@H](C)C2. The van der Waals surface area contributed by atoms with E-state index in [1.54, 1.807) is 11.8 Å². The maximum absolute atomic E-state index is 12.5. The molecule has 1 heterocycles. The molecule has 1 aliphatic heterocycles. The minimum atomic E-state index is -0.707. The van der Waals surface area contributed by atoms with Crippen LogP contribution in [0.5, 0.6) is 11.5 Å². The fourth-order valence-corrected chi connectivity index (χ4v) is 3.36. The topological polar surface area (TPSA) is 103 Å². The van der Waals surface area contributed by atoms with Gasteiger partial charge >= 0.3 is 6.03 Å². The van der Waals surface area contributed by atoms with E-state index in [0.29, 0.717) is 13.0 Å². The van der Waals surface area contributed by atoms with Gasteiger partial charge in [0.1, 0.15) is 23.6 Å². The first-order valence-electron chi connectivity index (χ1n) is 8.72. The second kappa shape index (κ2) is 9.56. The van der Waals surface area contributed by atoms with E-state index in [4.69, 9.17) is 15.2 Å². The maximum atomic E-state index is 12.5. The molecule has 0 unspecified atom stereocenters. The highest BCUT2D eigenvalue weighted by Gasteiger charge is 2.23. The Kier molecular flexibility index (Phi) is 7.44. The van der Waals surface area contributed by atoms with Crippen molar-refractivity contribution in [2.24, 2.45) is 5.73 Å². The fourth-order valence-electron chi connectivity index (χ4n) is 2.89. The molecule has 0 bridgehead atoms. The lowest BCUT2D eigenvalue weighted by atomic mass is 10.1. The van der Waals surface area contributed by atoms with Crippen LogP contribution in [0.25, 0.3) is 0 Å². The number of hydrogen-bond acceptors (Lipinski definition) is 5. The molecular formula is C18H27N3O4S. The summed E-state index contributed by atoms with van der Waals surface area (Å²) in [6.45, 7) is 4.77. The molecule has 0 radical (unpaired) electrons. The highest BCUT2D eigenvalue weighted by molar-refractivity contribution is 7.98. The summed E-state index contributed by atoms with van der Waals surface area (Å²) in [4.78, 5) is 23.6. The molecule has 0 fully saturated rings. The first-order chi connectivity index (χ1) is 12.4. The van der Waals surface area contributed by atoms with E-state index < -0.39 is 12.1 Å². The Hall–Kier alpha value is -2.09. The molecule has 0 saturated carbocycles. The van der Waals surface area contributed by atoms with E-state index in [-0.39, 0.29) is 18.6 Å². The molecular weight excluding hydrogens is 354 g/mol. The van der Waals surface area contributed by atoms with E-state index >= 15 is 0 Å². The molecule has 144 valence electrons. The Labute approximate surface area is 158 Å². The number of carbonyl (C=O) groups excluding carboxylic acids is 2. The first-order valence-corrected chi connectivity index (χ1v) is 10.1. The average molecular weight is 381 g/mol. The van der Waals surface area contributed by atoms with Crippen molar-refractivity contribution in [2.75, 3.05) is 18.6 Å². The molecule has 2 atom stereocenters. The van der Waals surface area contributed by atoms with E-state index in [2.05, 4.69) is 10.6 Å². The molecule has 1 aromatic rings. The van der Waals surface area contributed by atoms with E-state index in [0.717, 1.165) is 34.8 Å². The number of hydrogen-bond donors (Lipinski definition) is 3. The Morgan fingerprint density at radius 1 is 1.46 bits per heavy atom. The fraction of sp³-hybridized carbons (Fsp3) is 0.556. The Bertz CT molecular complexity index is 654. The molecule has 4 N–H and O–H groups in total. The molecule has 2 rings (SSSR count). The van der Waals surface area contributed by atoms with Gasteiger partial charge in [-0.2, -0.15) is 11.8 Å². The highest BCUT2D eigenvalue weighted by Crippen LogP contribution is 2.35. The van der Waals surface area contributed by atoms with E-state index in [9.17, 15) is 9.59 Å². The molecule has 7 nitrogen and oxygen atoms in total. The van der Waals surface area contributed by atoms with Crippen molar-refractivity contribution in [1.82, 2.24) is 10.6 Å². The molecule has 0 aliphatic carbocycles. The van der Waals surface area contributed by atoms with Crippen LogP contribution in [0.4, 0.5) is 4.79 Å². The monoisotopic (exact) mass is 381 g/mol. The molecule has 0 aromatic heterocycles. The van der Waals surface area contributed by atoms with Crippen molar-refractivity contribution < 1.29 is 19.1 Å². The van der Waals surface area contributed by atoms with Crippen molar-refractivity contribution in [3.8, 4) is 11.5 Å². The number of urea groups is 1. The minimum absolute atomic E-state index is 0.139. The quantitative estimate of drug-likeness (QED) is 0.605. The summed E-state index contributed by atoms with van der Waals surface area (Å²) in [6, 6.07) is 2.54. The predicted octanol–water partition coefficient (Wildman–Crippen LogP) is 1.81. The number of primary amides is 1.